The number of benzene rings is 1. The van der Waals surface area contributed by atoms with E-state index in [2.05, 4.69) is 74.5 Å². The minimum Gasteiger partial charge on any atom is -0.360 e. The lowest BCUT2D eigenvalue weighted by Crippen LogP contribution is -2.27. The van der Waals surface area contributed by atoms with Gasteiger partial charge in [-0.25, -0.2) is 0 Å². The summed E-state index contributed by atoms with van der Waals surface area (Å²) in [7, 11) is 0. The van der Waals surface area contributed by atoms with Crippen LogP contribution in [0, 0.1) is 18.3 Å². The molecule has 1 aliphatic rings. The Hall–Kier alpha value is -2.89. The van der Waals surface area contributed by atoms with Crippen LogP contribution in [0.1, 0.15) is 73.1 Å². The van der Waals surface area contributed by atoms with Gasteiger partial charge in [0, 0.05) is 18.2 Å². The van der Waals surface area contributed by atoms with Crippen LogP contribution in [-0.4, -0.2) is 20.8 Å². The number of amides is 1. The van der Waals surface area contributed by atoms with Crippen LogP contribution >= 0.6 is 0 Å². The van der Waals surface area contributed by atoms with Crippen LogP contribution in [0.15, 0.2) is 41.2 Å². The van der Waals surface area contributed by atoms with Crippen molar-refractivity contribution >= 4 is 11.6 Å². The SMILES string of the molecule is Cc1ccc(C(C)n2cc(NC(=O)c3noc4c3CC(C(C)(C)C)CC4)cn2)cc1. The first-order valence-electron chi connectivity index (χ1n) is 10.6. The molecular formula is C24H30N4O2. The van der Waals surface area contributed by atoms with E-state index in [9.17, 15) is 4.79 Å². The molecule has 0 saturated carbocycles. The summed E-state index contributed by atoms with van der Waals surface area (Å²) in [4.78, 5) is 12.9. The number of hydrogen-bond donors (Lipinski definition) is 1. The third-order valence-electron chi connectivity index (χ3n) is 6.30. The Morgan fingerprint density at radius 1 is 1.27 bits per heavy atom. The molecule has 2 atom stereocenters. The van der Waals surface area contributed by atoms with Gasteiger partial charge in [0.15, 0.2) is 5.69 Å². The zero-order valence-electron chi connectivity index (χ0n) is 18.4. The minimum absolute atomic E-state index is 0.0728. The Morgan fingerprint density at radius 3 is 2.70 bits per heavy atom. The van der Waals surface area contributed by atoms with Gasteiger partial charge in [-0.1, -0.05) is 55.8 Å². The Morgan fingerprint density at radius 2 is 2.00 bits per heavy atom. The molecule has 1 N–H and O–H groups in total. The molecule has 0 fully saturated rings. The minimum atomic E-state index is -0.239. The van der Waals surface area contributed by atoms with Crippen molar-refractivity contribution < 1.29 is 9.32 Å². The van der Waals surface area contributed by atoms with Gasteiger partial charge in [-0.3, -0.25) is 9.48 Å². The Labute approximate surface area is 177 Å². The van der Waals surface area contributed by atoms with E-state index in [1.165, 1.54) is 11.1 Å². The van der Waals surface area contributed by atoms with Crippen molar-refractivity contribution in [3.8, 4) is 0 Å². The molecule has 1 aromatic carbocycles. The van der Waals surface area contributed by atoms with Crippen molar-refractivity contribution in [2.24, 2.45) is 11.3 Å². The maximum Gasteiger partial charge on any atom is 0.278 e. The van der Waals surface area contributed by atoms with Gasteiger partial charge in [0.2, 0.25) is 0 Å². The standard InChI is InChI=1S/C24H30N4O2/c1-15-6-8-17(9-7-15)16(2)28-14-19(13-25-28)26-23(29)22-20-12-18(24(3,4)5)10-11-21(20)30-27-22/h6-9,13-14,16,18H,10-12H2,1-5H3,(H,26,29). The average molecular weight is 407 g/mol. The van der Waals surface area contributed by atoms with Crippen LogP contribution < -0.4 is 5.32 Å². The number of carbonyl (C=O) groups excluding carboxylic acids is 1. The summed E-state index contributed by atoms with van der Waals surface area (Å²) in [5, 5.41) is 11.5. The molecule has 0 spiro atoms. The zero-order valence-corrected chi connectivity index (χ0v) is 18.4. The second kappa shape index (κ2) is 7.74. The summed E-state index contributed by atoms with van der Waals surface area (Å²) < 4.78 is 7.34. The summed E-state index contributed by atoms with van der Waals surface area (Å²) in [5.41, 5.74) is 4.59. The monoisotopic (exact) mass is 406 g/mol. The highest BCUT2D eigenvalue weighted by molar-refractivity contribution is 6.03. The van der Waals surface area contributed by atoms with Gasteiger partial charge in [-0.05, 0) is 43.6 Å². The maximum absolute atomic E-state index is 12.9. The van der Waals surface area contributed by atoms with Crippen molar-refractivity contribution in [3.63, 3.8) is 0 Å². The van der Waals surface area contributed by atoms with Gasteiger partial charge in [-0.15, -0.1) is 0 Å². The van der Waals surface area contributed by atoms with Crippen LogP contribution in [0.3, 0.4) is 0 Å². The highest BCUT2D eigenvalue weighted by Gasteiger charge is 2.34. The van der Waals surface area contributed by atoms with Crippen LogP contribution in [0.2, 0.25) is 0 Å². The van der Waals surface area contributed by atoms with Crippen molar-refractivity contribution in [1.29, 1.82) is 0 Å². The predicted octanol–water partition coefficient (Wildman–Crippen LogP) is 5.19. The number of nitrogens with one attached hydrogen (secondary N) is 1. The summed E-state index contributed by atoms with van der Waals surface area (Å²) in [5.74, 6) is 1.12. The summed E-state index contributed by atoms with van der Waals surface area (Å²) >= 11 is 0. The van der Waals surface area contributed by atoms with E-state index < -0.39 is 0 Å². The quantitative estimate of drug-likeness (QED) is 0.647. The van der Waals surface area contributed by atoms with Gasteiger partial charge in [0.1, 0.15) is 5.76 Å². The molecule has 6 heteroatoms. The second-order valence-corrected chi connectivity index (χ2v) is 9.49. The second-order valence-electron chi connectivity index (χ2n) is 9.49. The number of nitrogens with zero attached hydrogens (tertiary/aromatic N) is 3. The Balaban J connectivity index is 1.48. The first-order valence-corrected chi connectivity index (χ1v) is 10.6. The average Bonchev–Trinajstić information content (AvgIpc) is 3.33. The molecule has 0 aliphatic heterocycles. The van der Waals surface area contributed by atoms with E-state index in [1.54, 1.807) is 6.20 Å². The van der Waals surface area contributed by atoms with E-state index >= 15 is 0 Å². The predicted molar refractivity (Wildman–Crippen MR) is 117 cm³/mol. The Bertz CT molecular complexity index is 1040. The van der Waals surface area contributed by atoms with Gasteiger partial charge in [0.05, 0.1) is 17.9 Å². The van der Waals surface area contributed by atoms with Crippen molar-refractivity contribution in [2.75, 3.05) is 5.32 Å². The maximum atomic E-state index is 12.9. The van der Waals surface area contributed by atoms with Gasteiger partial charge in [-0.2, -0.15) is 5.10 Å². The zero-order chi connectivity index (χ0) is 21.5. The fourth-order valence-electron chi connectivity index (χ4n) is 4.12. The molecule has 0 bridgehead atoms. The number of anilines is 1. The van der Waals surface area contributed by atoms with Crippen molar-refractivity contribution in [2.45, 2.75) is 59.9 Å². The topological polar surface area (TPSA) is 73.0 Å². The number of hydrogen-bond acceptors (Lipinski definition) is 4. The third-order valence-corrected chi connectivity index (χ3v) is 6.30. The molecule has 6 nitrogen and oxygen atoms in total. The number of rotatable bonds is 4. The van der Waals surface area contributed by atoms with Gasteiger partial charge < -0.3 is 9.84 Å². The summed E-state index contributed by atoms with van der Waals surface area (Å²) in [6, 6.07) is 8.47. The van der Waals surface area contributed by atoms with Crippen LogP contribution in [0.4, 0.5) is 5.69 Å². The number of aryl methyl sites for hydroxylation is 2. The molecule has 3 aromatic rings. The molecule has 0 radical (unpaired) electrons. The number of aromatic nitrogens is 3. The van der Waals surface area contributed by atoms with E-state index in [4.69, 9.17) is 4.52 Å². The lowest BCUT2D eigenvalue weighted by molar-refractivity contribution is 0.101. The molecule has 2 aromatic heterocycles. The van der Waals surface area contributed by atoms with E-state index in [0.717, 1.165) is 30.6 Å². The van der Waals surface area contributed by atoms with Crippen molar-refractivity contribution in [3.05, 3.63) is 64.8 Å². The molecule has 1 aliphatic carbocycles. The largest absolute Gasteiger partial charge is 0.360 e. The lowest BCUT2D eigenvalue weighted by atomic mass is 9.71. The smallest absolute Gasteiger partial charge is 0.278 e. The molecule has 158 valence electrons. The van der Waals surface area contributed by atoms with Crippen molar-refractivity contribution in [1.82, 2.24) is 14.9 Å². The molecule has 1 amide bonds. The fraction of sp³-hybridized carbons (Fsp3) is 0.458. The third kappa shape index (κ3) is 4.04. The normalized spacial score (nSPS) is 17.4. The molecule has 2 unspecified atom stereocenters. The number of carbonyl (C=O) groups is 1. The van der Waals surface area contributed by atoms with Crippen LogP contribution in [-0.2, 0) is 12.8 Å². The molecular weight excluding hydrogens is 376 g/mol. The highest BCUT2D eigenvalue weighted by Crippen LogP contribution is 2.38. The number of fused-ring (bicyclic) bond motifs is 1. The van der Waals surface area contributed by atoms with E-state index in [0.29, 0.717) is 17.3 Å². The Kier molecular flexibility index (Phi) is 5.26. The first-order chi connectivity index (χ1) is 14.2. The van der Waals surface area contributed by atoms with E-state index in [1.807, 2.05) is 10.9 Å². The van der Waals surface area contributed by atoms with Gasteiger partial charge in [0.25, 0.3) is 5.91 Å². The van der Waals surface area contributed by atoms with Gasteiger partial charge >= 0.3 is 0 Å². The lowest BCUT2D eigenvalue weighted by Gasteiger charge is -2.33. The van der Waals surface area contributed by atoms with E-state index in [-0.39, 0.29) is 17.4 Å². The first kappa shape index (κ1) is 20.4. The molecule has 4 rings (SSSR count). The molecule has 30 heavy (non-hydrogen) atoms. The highest BCUT2D eigenvalue weighted by atomic mass is 16.5. The molecule has 2 heterocycles. The summed E-state index contributed by atoms with van der Waals surface area (Å²) in [6.07, 6.45) is 6.26. The van der Waals surface area contributed by atoms with Crippen LogP contribution in [0.25, 0.3) is 0 Å². The molecule has 0 saturated heterocycles. The van der Waals surface area contributed by atoms with Crippen LogP contribution in [0.5, 0.6) is 0 Å². The summed E-state index contributed by atoms with van der Waals surface area (Å²) in [6.45, 7) is 10.9. The fourth-order valence-corrected chi connectivity index (χ4v) is 4.12.